The van der Waals surface area contributed by atoms with Crippen LogP contribution in [0.2, 0.25) is 0 Å². The van der Waals surface area contributed by atoms with Crippen LogP contribution in [0.25, 0.3) is 17.0 Å². The van der Waals surface area contributed by atoms with Crippen LogP contribution in [0, 0.1) is 11.8 Å². The number of nitrogens with one attached hydrogen (secondary N) is 3. The van der Waals surface area contributed by atoms with Crippen LogP contribution in [0.15, 0.2) is 36.4 Å². The van der Waals surface area contributed by atoms with Crippen molar-refractivity contribution >= 4 is 46.1 Å². The maximum Gasteiger partial charge on any atom is 0.322 e. The van der Waals surface area contributed by atoms with Crippen LogP contribution in [0.5, 0.6) is 0 Å². The average Bonchev–Trinajstić information content (AvgIpc) is 2.98. The number of aromatic nitrogens is 1. The third kappa shape index (κ3) is 10.5. The Balaban J connectivity index is 1.58. The number of rotatable bonds is 13. The van der Waals surface area contributed by atoms with E-state index in [-0.39, 0.29) is 28.5 Å². The van der Waals surface area contributed by atoms with Gasteiger partial charge in [-0.1, -0.05) is 51.1 Å². The second-order valence-corrected chi connectivity index (χ2v) is 15.1. The molecule has 6 atom stereocenters. The molecule has 4 N–H and O–H groups in total. The summed E-state index contributed by atoms with van der Waals surface area (Å²) >= 11 is -1.21. The highest BCUT2D eigenvalue weighted by atomic mass is 32.2. The number of carbonyl (C=O) groups is 3. The molecule has 248 valence electrons. The second-order valence-electron chi connectivity index (χ2n) is 13.1. The number of amides is 2. The predicted octanol–water partition coefficient (Wildman–Crippen LogP) is 4.12. The molecule has 1 fully saturated rings. The van der Waals surface area contributed by atoms with Gasteiger partial charge in [0.15, 0.2) is 0 Å². The van der Waals surface area contributed by atoms with Crippen molar-refractivity contribution in [3.63, 3.8) is 0 Å². The average molecular weight is 644 g/mol. The lowest BCUT2D eigenvalue weighted by molar-refractivity contribution is -0.149. The van der Waals surface area contributed by atoms with E-state index in [2.05, 4.69) is 15.5 Å². The maximum absolute atomic E-state index is 13.1. The van der Waals surface area contributed by atoms with E-state index in [1.54, 1.807) is 6.92 Å². The number of carbonyl (C=O) groups excluding carboxylic acids is 2. The highest BCUT2D eigenvalue weighted by Crippen LogP contribution is 2.22. The van der Waals surface area contributed by atoms with Crippen molar-refractivity contribution < 1.29 is 28.8 Å². The Kier molecular flexibility index (Phi) is 13.0. The molecule has 12 heteroatoms. The van der Waals surface area contributed by atoms with Gasteiger partial charge in [-0.2, -0.15) is 0 Å². The first kappa shape index (κ1) is 36.4. The molecular formula is C33H49N5O6S. The van der Waals surface area contributed by atoms with Gasteiger partial charge in [-0.3, -0.25) is 24.4 Å². The number of benzene rings is 1. The molecule has 1 aliphatic rings. The maximum atomic E-state index is 13.1. The van der Waals surface area contributed by atoms with Crippen molar-refractivity contribution in [1.29, 1.82) is 0 Å². The monoisotopic (exact) mass is 643 g/mol. The molecule has 45 heavy (non-hydrogen) atoms. The molecule has 0 spiro atoms. The second kappa shape index (κ2) is 16.0. The van der Waals surface area contributed by atoms with Crippen molar-refractivity contribution in [1.82, 2.24) is 25.5 Å². The zero-order valence-electron chi connectivity index (χ0n) is 27.6. The number of hydrogen-bond donors (Lipinski definition) is 4. The molecule has 2 heterocycles. The summed E-state index contributed by atoms with van der Waals surface area (Å²) in [6.07, 6.45) is 4.26. The number of nitrogens with zero attached hydrogens (tertiary/aromatic N) is 2. The Morgan fingerprint density at radius 2 is 1.87 bits per heavy atom. The van der Waals surface area contributed by atoms with Crippen LogP contribution in [-0.4, -0.2) is 73.5 Å². The van der Waals surface area contributed by atoms with Gasteiger partial charge in [0.25, 0.3) is 5.91 Å². The minimum Gasteiger partial charge on any atom is -0.598 e. The predicted molar refractivity (Wildman–Crippen MR) is 177 cm³/mol. The number of hydrogen-bond acceptors (Lipinski definition) is 8. The zero-order chi connectivity index (χ0) is 33.5. The fourth-order valence-corrected chi connectivity index (χ4v) is 5.56. The molecule has 2 amide bonds. The van der Waals surface area contributed by atoms with Crippen LogP contribution >= 0.6 is 0 Å². The smallest absolute Gasteiger partial charge is 0.322 e. The Hall–Kier alpha value is -3.03. The standard InChI is InChI=1S/C33H49N5O6S/c1-20(2)29(30(39)34-23(5)31(40)38-17-9-10-27(36-38)32(41)42)44-19-21(3)11-12-24-13-14-25-15-16-26(35-28(25)18-24)22(4)37-45(43)33(6,7)8/h11-16,18,20-23,27,29,36-37H,9-10,17,19H2,1-8H3,(H,34,39)(H,41,42)/b12-11+/t21?,22-,23+,27+,29+,45?/m1/s1. The van der Waals surface area contributed by atoms with Crippen molar-refractivity contribution in [2.75, 3.05) is 13.2 Å². The van der Waals surface area contributed by atoms with Gasteiger partial charge in [-0.25, -0.2) is 5.43 Å². The molecule has 0 bridgehead atoms. The van der Waals surface area contributed by atoms with Gasteiger partial charge in [0.1, 0.15) is 22.9 Å². The number of pyridine rings is 1. The van der Waals surface area contributed by atoms with Crippen LogP contribution in [0.1, 0.15) is 85.5 Å². The number of carboxylic acids is 1. The fraction of sp³-hybridized carbons (Fsp3) is 0.576. The van der Waals surface area contributed by atoms with E-state index in [0.29, 0.717) is 26.0 Å². The van der Waals surface area contributed by atoms with Crippen LogP contribution < -0.4 is 15.5 Å². The van der Waals surface area contributed by atoms with Gasteiger partial charge in [0.05, 0.1) is 23.9 Å². The molecule has 0 saturated carbocycles. The van der Waals surface area contributed by atoms with Gasteiger partial charge in [0, 0.05) is 23.3 Å². The van der Waals surface area contributed by atoms with E-state index >= 15 is 0 Å². The largest absolute Gasteiger partial charge is 0.598 e. The van der Waals surface area contributed by atoms with E-state index < -0.39 is 41.4 Å². The highest BCUT2D eigenvalue weighted by Gasteiger charge is 2.32. The quantitative estimate of drug-likeness (QED) is 0.236. The lowest BCUT2D eigenvalue weighted by Crippen LogP contribution is -2.60. The molecule has 0 radical (unpaired) electrons. The van der Waals surface area contributed by atoms with E-state index in [1.807, 2.05) is 91.0 Å². The van der Waals surface area contributed by atoms with Gasteiger partial charge in [0.2, 0.25) is 5.91 Å². The number of fused-ring (bicyclic) bond motifs is 1. The third-order valence-corrected chi connectivity index (χ3v) is 9.20. The van der Waals surface area contributed by atoms with Crippen molar-refractivity contribution in [2.24, 2.45) is 11.8 Å². The van der Waals surface area contributed by atoms with Crippen LogP contribution in [0.3, 0.4) is 0 Å². The number of carboxylic acid groups (broad SMARTS) is 1. The number of hydrazine groups is 1. The minimum atomic E-state index is -1.21. The summed E-state index contributed by atoms with van der Waals surface area (Å²) in [5.41, 5.74) is 5.36. The molecular weight excluding hydrogens is 594 g/mol. The molecule has 1 saturated heterocycles. The zero-order valence-corrected chi connectivity index (χ0v) is 28.4. The Labute approximate surface area is 269 Å². The minimum absolute atomic E-state index is 0.00445. The summed E-state index contributed by atoms with van der Waals surface area (Å²) in [5, 5.41) is 14.3. The van der Waals surface area contributed by atoms with Crippen LogP contribution in [0.4, 0.5) is 0 Å². The summed E-state index contributed by atoms with van der Waals surface area (Å²) in [4.78, 5) is 42.1. The van der Waals surface area contributed by atoms with E-state index in [9.17, 15) is 24.0 Å². The molecule has 1 aromatic carbocycles. The molecule has 2 aromatic rings. The lowest BCUT2D eigenvalue weighted by atomic mass is 10.0. The Morgan fingerprint density at radius 3 is 2.51 bits per heavy atom. The van der Waals surface area contributed by atoms with Gasteiger partial charge >= 0.3 is 5.97 Å². The molecule has 0 aliphatic carbocycles. The summed E-state index contributed by atoms with van der Waals surface area (Å²) in [7, 11) is 0. The van der Waals surface area contributed by atoms with Crippen molar-refractivity contribution in [2.45, 2.75) is 97.2 Å². The first-order valence-electron chi connectivity index (χ1n) is 15.6. The Morgan fingerprint density at radius 1 is 1.18 bits per heavy atom. The Bertz CT molecular complexity index is 1360. The lowest BCUT2D eigenvalue weighted by Gasteiger charge is -2.34. The molecule has 2 unspecified atom stereocenters. The molecule has 11 nitrogen and oxygen atoms in total. The first-order chi connectivity index (χ1) is 21.1. The van der Waals surface area contributed by atoms with Gasteiger partial charge in [-0.15, -0.1) is 4.72 Å². The summed E-state index contributed by atoms with van der Waals surface area (Å²) < 4.78 is 21.3. The number of ether oxygens (including phenoxy) is 1. The highest BCUT2D eigenvalue weighted by molar-refractivity contribution is 7.90. The molecule has 1 aromatic heterocycles. The SMILES string of the molecule is CC(/C=C/c1ccc2ccc([C@@H](C)N[S+]([O-])C(C)(C)C)nc2c1)CO[C@H](C(=O)N[C@@H](C)C(=O)N1CCC[C@@H](C(=O)O)N1)C(C)C. The fourth-order valence-electron chi connectivity index (χ4n) is 4.76. The van der Waals surface area contributed by atoms with E-state index in [0.717, 1.165) is 22.2 Å². The molecule has 1 aliphatic heterocycles. The summed E-state index contributed by atoms with van der Waals surface area (Å²) in [6, 6.07) is 8.16. The van der Waals surface area contributed by atoms with Gasteiger partial charge in [-0.05, 0) is 77.0 Å². The van der Waals surface area contributed by atoms with Crippen LogP contribution in [-0.2, 0) is 30.5 Å². The topological polar surface area (TPSA) is 156 Å². The van der Waals surface area contributed by atoms with E-state index in [4.69, 9.17) is 9.72 Å². The third-order valence-electron chi connectivity index (χ3n) is 7.52. The summed E-state index contributed by atoms with van der Waals surface area (Å²) in [6.45, 7) is 15.8. The first-order valence-corrected chi connectivity index (χ1v) is 16.7. The number of aliphatic carboxylic acids is 1. The van der Waals surface area contributed by atoms with Crippen molar-refractivity contribution in [3.8, 4) is 0 Å². The van der Waals surface area contributed by atoms with E-state index in [1.165, 1.54) is 5.01 Å². The van der Waals surface area contributed by atoms with Gasteiger partial charge < -0.3 is 19.7 Å². The normalized spacial score (nSPS) is 19.3. The van der Waals surface area contributed by atoms with Crippen molar-refractivity contribution in [3.05, 3.63) is 47.7 Å². The molecule has 3 rings (SSSR count). The summed E-state index contributed by atoms with van der Waals surface area (Å²) in [5.74, 6) is -1.93.